The highest BCUT2D eigenvalue weighted by molar-refractivity contribution is 5.69. The van der Waals surface area contributed by atoms with Gasteiger partial charge >= 0.3 is 12.1 Å². The molecule has 0 aromatic carbocycles. The Bertz CT molecular complexity index is 310. The molecule has 1 amide bonds. The van der Waals surface area contributed by atoms with E-state index in [0.29, 0.717) is 19.6 Å². The fourth-order valence-electron chi connectivity index (χ4n) is 1.87. The lowest BCUT2D eigenvalue weighted by atomic mass is 9.92. The maximum atomic E-state index is 11.6. The zero-order valence-electron chi connectivity index (χ0n) is 11.1. The summed E-state index contributed by atoms with van der Waals surface area (Å²) in [6.07, 6.45) is 0.129. The van der Waals surface area contributed by atoms with Gasteiger partial charge in [0.05, 0.1) is 19.1 Å². The molecule has 1 heterocycles. The van der Waals surface area contributed by atoms with E-state index in [-0.39, 0.29) is 18.4 Å². The van der Waals surface area contributed by atoms with E-state index in [1.54, 1.807) is 20.8 Å². The van der Waals surface area contributed by atoms with Crippen molar-refractivity contribution >= 4 is 12.1 Å². The number of carboxylic acids is 1. The number of carbonyl (C=O) groups is 2. The molecular weight excluding hydrogens is 238 g/mol. The lowest BCUT2D eigenvalue weighted by molar-refractivity contribution is -0.139. The van der Waals surface area contributed by atoms with E-state index in [1.807, 2.05) is 0 Å². The number of ether oxygens (including phenoxy) is 2. The third kappa shape index (κ3) is 5.35. The Morgan fingerprint density at radius 3 is 2.67 bits per heavy atom. The summed E-state index contributed by atoms with van der Waals surface area (Å²) < 4.78 is 10.4. The lowest BCUT2D eigenvalue weighted by Crippen LogP contribution is -2.48. The first kappa shape index (κ1) is 14.8. The molecule has 6 nitrogen and oxygen atoms in total. The average molecular weight is 259 g/mol. The maximum Gasteiger partial charge on any atom is 0.407 e. The van der Waals surface area contributed by atoms with Gasteiger partial charge < -0.3 is 19.9 Å². The second-order valence-corrected chi connectivity index (χ2v) is 5.47. The molecular formula is C12H21NO5. The van der Waals surface area contributed by atoms with Crippen LogP contribution in [-0.2, 0) is 14.3 Å². The highest BCUT2D eigenvalue weighted by atomic mass is 16.6. The van der Waals surface area contributed by atoms with Crippen LogP contribution in [0, 0.1) is 5.92 Å². The van der Waals surface area contributed by atoms with Gasteiger partial charge in [-0.25, -0.2) is 4.79 Å². The minimum Gasteiger partial charge on any atom is -0.481 e. The van der Waals surface area contributed by atoms with Gasteiger partial charge in [0.2, 0.25) is 0 Å². The quantitative estimate of drug-likeness (QED) is 0.800. The highest BCUT2D eigenvalue weighted by Gasteiger charge is 2.30. The maximum absolute atomic E-state index is 11.6. The van der Waals surface area contributed by atoms with E-state index < -0.39 is 17.7 Å². The van der Waals surface area contributed by atoms with Gasteiger partial charge in [0, 0.05) is 6.61 Å². The van der Waals surface area contributed by atoms with Gasteiger partial charge in [-0.1, -0.05) is 0 Å². The summed E-state index contributed by atoms with van der Waals surface area (Å²) in [6, 6.07) is -0.301. The summed E-state index contributed by atoms with van der Waals surface area (Å²) in [7, 11) is 0. The number of carboxylic acid groups (broad SMARTS) is 1. The molecule has 6 heteroatoms. The number of aliphatic carboxylic acids is 1. The third-order valence-corrected chi connectivity index (χ3v) is 2.64. The summed E-state index contributed by atoms with van der Waals surface area (Å²) in [4.78, 5) is 22.4. The van der Waals surface area contributed by atoms with Gasteiger partial charge in [-0.2, -0.15) is 0 Å². The summed E-state index contributed by atoms with van der Waals surface area (Å²) in [5, 5.41) is 11.5. The summed E-state index contributed by atoms with van der Waals surface area (Å²) in [6.45, 7) is 6.19. The lowest BCUT2D eigenvalue weighted by Gasteiger charge is -2.32. The minimum atomic E-state index is -0.863. The van der Waals surface area contributed by atoms with Crippen LogP contribution in [-0.4, -0.2) is 42.0 Å². The van der Waals surface area contributed by atoms with E-state index in [1.165, 1.54) is 0 Å². The highest BCUT2D eigenvalue weighted by Crippen LogP contribution is 2.20. The third-order valence-electron chi connectivity index (χ3n) is 2.64. The predicted molar refractivity (Wildman–Crippen MR) is 64.3 cm³/mol. The number of rotatable bonds is 3. The molecule has 0 saturated carbocycles. The van der Waals surface area contributed by atoms with Gasteiger partial charge in [0.25, 0.3) is 0 Å². The predicted octanol–water partition coefficient (Wildman–Crippen LogP) is 1.39. The van der Waals surface area contributed by atoms with Gasteiger partial charge in [-0.15, -0.1) is 0 Å². The van der Waals surface area contributed by atoms with Crippen LogP contribution in [0.4, 0.5) is 4.79 Å². The van der Waals surface area contributed by atoms with Gasteiger partial charge in [0.1, 0.15) is 5.60 Å². The van der Waals surface area contributed by atoms with E-state index in [4.69, 9.17) is 14.6 Å². The minimum absolute atomic E-state index is 0.0316. The standard InChI is InChI=1S/C12H21NO5/c1-12(2,3)18-11(16)13-9-7-17-5-4-8(9)6-10(14)15/h8-9H,4-7H2,1-3H3,(H,13,16)(H,14,15)/t8-,9-/m1/s1. The summed E-state index contributed by atoms with van der Waals surface area (Å²) >= 11 is 0. The Morgan fingerprint density at radius 1 is 1.44 bits per heavy atom. The van der Waals surface area contributed by atoms with Crippen molar-refractivity contribution in [2.24, 2.45) is 5.92 Å². The number of carbonyl (C=O) groups excluding carboxylic acids is 1. The van der Waals surface area contributed by atoms with Crippen LogP contribution < -0.4 is 5.32 Å². The molecule has 0 aromatic rings. The fraction of sp³-hybridized carbons (Fsp3) is 0.833. The van der Waals surface area contributed by atoms with Crippen molar-refractivity contribution in [1.29, 1.82) is 0 Å². The van der Waals surface area contributed by atoms with Gasteiger partial charge in [-0.3, -0.25) is 4.79 Å². The number of nitrogens with one attached hydrogen (secondary N) is 1. The Balaban J connectivity index is 2.51. The van der Waals surface area contributed by atoms with Crippen molar-refractivity contribution in [2.75, 3.05) is 13.2 Å². The number of amides is 1. The van der Waals surface area contributed by atoms with Crippen LogP contribution in [0.1, 0.15) is 33.6 Å². The second-order valence-electron chi connectivity index (χ2n) is 5.47. The van der Waals surface area contributed by atoms with E-state index in [2.05, 4.69) is 5.32 Å². The molecule has 0 bridgehead atoms. The molecule has 0 aromatic heterocycles. The van der Waals surface area contributed by atoms with Crippen LogP contribution in [0.25, 0.3) is 0 Å². The topological polar surface area (TPSA) is 84.9 Å². The van der Waals surface area contributed by atoms with Crippen molar-refractivity contribution in [2.45, 2.75) is 45.3 Å². The average Bonchev–Trinajstić information content (AvgIpc) is 2.17. The molecule has 1 rings (SSSR count). The van der Waals surface area contributed by atoms with Crippen LogP contribution in [0.3, 0.4) is 0 Å². The number of hydrogen-bond acceptors (Lipinski definition) is 4. The van der Waals surface area contributed by atoms with Crippen LogP contribution >= 0.6 is 0 Å². The second kappa shape index (κ2) is 6.04. The smallest absolute Gasteiger partial charge is 0.407 e. The summed E-state index contributed by atoms with van der Waals surface area (Å²) in [5.74, 6) is -0.971. The fourth-order valence-corrected chi connectivity index (χ4v) is 1.87. The van der Waals surface area contributed by atoms with Crippen molar-refractivity contribution in [3.05, 3.63) is 0 Å². The molecule has 104 valence electrons. The monoisotopic (exact) mass is 259 g/mol. The molecule has 1 aliphatic heterocycles. The van der Waals surface area contributed by atoms with Gasteiger partial charge in [0.15, 0.2) is 0 Å². The molecule has 2 atom stereocenters. The van der Waals surface area contributed by atoms with Crippen LogP contribution in [0.2, 0.25) is 0 Å². The molecule has 0 aliphatic carbocycles. The van der Waals surface area contributed by atoms with E-state index in [9.17, 15) is 9.59 Å². The molecule has 0 radical (unpaired) electrons. The van der Waals surface area contributed by atoms with Crippen molar-refractivity contribution in [3.63, 3.8) is 0 Å². The van der Waals surface area contributed by atoms with Crippen LogP contribution in [0.5, 0.6) is 0 Å². The number of hydrogen-bond donors (Lipinski definition) is 2. The molecule has 0 spiro atoms. The first-order chi connectivity index (χ1) is 8.28. The molecule has 0 unspecified atom stereocenters. The zero-order valence-corrected chi connectivity index (χ0v) is 11.1. The first-order valence-corrected chi connectivity index (χ1v) is 6.07. The normalized spacial score (nSPS) is 24.4. The van der Waals surface area contributed by atoms with Crippen LogP contribution in [0.15, 0.2) is 0 Å². The molecule has 1 fully saturated rings. The molecule has 1 saturated heterocycles. The Labute approximate surface area is 107 Å². The largest absolute Gasteiger partial charge is 0.481 e. The summed E-state index contributed by atoms with van der Waals surface area (Å²) in [5.41, 5.74) is -0.568. The van der Waals surface area contributed by atoms with Crippen molar-refractivity contribution in [1.82, 2.24) is 5.32 Å². The van der Waals surface area contributed by atoms with E-state index in [0.717, 1.165) is 0 Å². The first-order valence-electron chi connectivity index (χ1n) is 6.07. The Morgan fingerprint density at radius 2 is 2.11 bits per heavy atom. The van der Waals surface area contributed by atoms with E-state index >= 15 is 0 Å². The molecule has 1 aliphatic rings. The number of alkyl carbamates (subject to hydrolysis) is 1. The SMILES string of the molecule is CC(C)(C)OC(=O)N[C@@H]1COCC[C@@H]1CC(=O)O. The molecule has 2 N–H and O–H groups in total. The Kier molecular flexibility index (Phi) is 4.95. The van der Waals surface area contributed by atoms with Gasteiger partial charge in [-0.05, 0) is 33.1 Å². The van der Waals surface area contributed by atoms with Crippen molar-refractivity contribution in [3.8, 4) is 0 Å². The molecule has 18 heavy (non-hydrogen) atoms. The Hall–Kier alpha value is -1.30. The van der Waals surface area contributed by atoms with Crippen molar-refractivity contribution < 1.29 is 24.2 Å². The zero-order chi connectivity index (χ0) is 13.8.